The third-order valence-electron chi connectivity index (χ3n) is 3.61. The molecule has 1 atom stereocenters. The zero-order valence-electron chi connectivity index (χ0n) is 8.80. The Morgan fingerprint density at radius 3 is 2.69 bits per heavy atom. The largest absolute Gasteiger partial charge is 0.485 e. The lowest BCUT2D eigenvalue weighted by molar-refractivity contribution is -0.0328. The standard InChI is InChI=1S/C12H13Cl2NO/c13-7-4-8-10(15)6-12(2-1-3-12)16-11(8)9(14)5-7/h4-5,10H,1-3,6,15H2/t10-/m0/s1. The number of fused-ring (bicyclic) bond motifs is 1. The quantitative estimate of drug-likeness (QED) is 0.770. The van der Waals surface area contributed by atoms with Gasteiger partial charge in [0.15, 0.2) is 0 Å². The van der Waals surface area contributed by atoms with E-state index in [0.717, 1.165) is 30.6 Å². The first-order valence-corrected chi connectivity index (χ1v) is 6.29. The van der Waals surface area contributed by atoms with E-state index >= 15 is 0 Å². The zero-order valence-corrected chi connectivity index (χ0v) is 10.3. The lowest BCUT2D eigenvalue weighted by Gasteiger charge is -2.47. The van der Waals surface area contributed by atoms with Crippen LogP contribution in [0.25, 0.3) is 0 Å². The first-order chi connectivity index (χ1) is 7.60. The highest BCUT2D eigenvalue weighted by Gasteiger charge is 2.45. The van der Waals surface area contributed by atoms with Gasteiger partial charge in [0.05, 0.1) is 5.02 Å². The molecule has 86 valence electrons. The molecule has 0 bridgehead atoms. The van der Waals surface area contributed by atoms with Crippen molar-refractivity contribution in [3.8, 4) is 5.75 Å². The summed E-state index contributed by atoms with van der Waals surface area (Å²) >= 11 is 12.1. The summed E-state index contributed by atoms with van der Waals surface area (Å²) in [5.41, 5.74) is 7.06. The molecule has 2 N–H and O–H groups in total. The van der Waals surface area contributed by atoms with Gasteiger partial charge in [-0.1, -0.05) is 23.2 Å². The van der Waals surface area contributed by atoms with E-state index in [1.54, 1.807) is 6.07 Å². The molecular weight excluding hydrogens is 245 g/mol. The summed E-state index contributed by atoms with van der Waals surface area (Å²) in [5, 5.41) is 1.19. The van der Waals surface area contributed by atoms with Crippen molar-refractivity contribution in [2.45, 2.75) is 37.3 Å². The van der Waals surface area contributed by atoms with Gasteiger partial charge in [0.1, 0.15) is 11.4 Å². The summed E-state index contributed by atoms with van der Waals surface area (Å²) in [6.07, 6.45) is 4.25. The van der Waals surface area contributed by atoms with E-state index in [0.29, 0.717) is 10.0 Å². The van der Waals surface area contributed by atoms with Crippen molar-refractivity contribution >= 4 is 23.2 Å². The Kier molecular flexibility index (Phi) is 2.36. The SMILES string of the molecule is N[C@H]1CC2(CCC2)Oc2c(Cl)cc(Cl)cc21. The van der Waals surface area contributed by atoms with Gasteiger partial charge >= 0.3 is 0 Å². The van der Waals surface area contributed by atoms with Gasteiger partial charge in [-0.05, 0) is 31.4 Å². The molecule has 1 aliphatic heterocycles. The van der Waals surface area contributed by atoms with Crippen LogP contribution in [0.2, 0.25) is 10.0 Å². The number of rotatable bonds is 0. The fraction of sp³-hybridized carbons (Fsp3) is 0.500. The average molecular weight is 258 g/mol. The molecule has 1 aromatic carbocycles. The van der Waals surface area contributed by atoms with E-state index in [-0.39, 0.29) is 11.6 Å². The van der Waals surface area contributed by atoms with Crippen LogP contribution in [0.15, 0.2) is 12.1 Å². The molecule has 0 radical (unpaired) electrons. The number of halogens is 2. The van der Waals surface area contributed by atoms with Crippen LogP contribution in [-0.2, 0) is 0 Å². The maximum Gasteiger partial charge on any atom is 0.143 e. The van der Waals surface area contributed by atoms with Crippen molar-refractivity contribution in [3.63, 3.8) is 0 Å². The maximum absolute atomic E-state index is 6.17. The molecule has 2 nitrogen and oxygen atoms in total. The van der Waals surface area contributed by atoms with Gasteiger partial charge in [0, 0.05) is 23.0 Å². The van der Waals surface area contributed by atoms with Crippen molar-refractivity contribution in [3.05, 3.63) is 27.7 Å². The Morgan fingerprint density at radius 2 is 2.06 bits per heavy atom. The van der Waals surface area contributed by atoms with Crippen LogP contribution in [0.4, 0.5) is 0 Å². The van der Waals surface area contributed by atoms with Gasteiger partial charge in [-0.25, -0.2) is 0 Å². The second-order valence-electron chi connectivity index (χ2n) is 4.76. The smallest absolute Gasteiger partial charge is 0.143 e. The maximum atomic E-state index is 6.17. The highest BCUT2D eigenvalue weighted by molar-refractivity contribution is 6.35. The number of ether oxygens (including phenoxy) is 1. The Hall–Kier alpha value is -0.440. The van der Waals surface area contributed by atoms with Crippen molar-refractivity contribution in [2.75, 3.05) is 0 Å². The zero-order chi connectivity index (χ0) is 11.3. The third-order valence-corrected chi connectivity index (χ3v) is 4.11. The minimum atomic E-state index is -0.0517. The number of nitrogens with two attached hydrogens (primary N) is 1. The van der Waals surface area contributed by atoms with E-state index in [1.165, 1.54) is 6.42 Å². The summed E-state index contributed by atoms with van der Waals surface area (Å²) in [6.45, 7) is 0. The van der Waals surface area contributed by atoms with Gasteiger partial charge in [0.2, 0.25) is 0 Å². The summed E-state index contributed by atoms with van der Waals surface area (Å²) in [6, 6.07) is 3.56. The normalized spacial score (nSPS) is 25.8. The van der Waals surface area contributed by atoms with Crippen LogP contribution in [0.3, 0.4) is 0 Å². The molecule has 0 amide bonds. The molecule has 0 saturated heterocycles. The molecule has 1 saturated carbocycles. The van der Waals surface area contributed by atoms with Crippen LogP contribution in [0.1, 0.15) is 37.3 Å². The molecule has 16 heavy (non-hydrogen) atoms. The van der Waals surface area contributed by atoms with Crippen LogP contribution < -0.4 is 10.5 Å². The van der Waals surface area contributed by atoms with Crippen LogP contribution in [-0.4, -0.2) is 5.60 Å². The van der Waals surface area contributed by atoms with E-state index in [9.17, 15) is 0 Å². The first kappa shape index (κ1) is 10.7. The Bertz CT molecular complexity index is 443. The molecule has 1 fully saturated rings. The molecule has 3 rings (SSSR count). The summed E-state index contributed by atoms with van der Waals surface area (Å²) < 4.78 is 6.04. The van der Waals surface area contributed by atoms with Gasteiger partial charge in [-0.15, -0.1) is 0 Å². The molecule has 1 aliphatic carbocycles. The van der Waals surface area contributed by atoms with E-state index in [4.69, 9.17) is 33.7 Å². The van der Waals surface area contributed by atoms with Crippen molar-refractivity contribution in [1.29, 1.82) is 0 Å². The minimum absolute atomic E-state index is 0.0137. The van der Waals surface area contributed by atoms with E-state index < -0.39 is 0 Å². The highest BCUT2D eigenvalue weighted by atomic mass is 35.5. The molecule has 4 heteroatoms. The van der Waals surface area contributed by atoms with Crippen LogP contribution in [0.5, 0.6) is 5.75 Å². The van der Waals surface area contributed by atoms with E-state index in [2.05, 4.69) is 0 Å². The topological polar surface area (TPSA) is 35.2 Å². The van der Waals surface area contributed by atoms with Gasteiger partial charge < -0.3 is 10.5 Å². The highest BCUT2D eigenvalue weighted by Crippen LogP contribution is 2.50. The summed E-state index contributed by atoms with van der Waals surface area (Å²) in [7, 11) is 0. The second kappa shape index (κ2) is 3.52. The fourth-order valence-corrected chi connectivity index (χ4v) is 3.16. The summed E-state index contributed by atoms with van der Waals surface area (Å²) in [5.74, 6) is 0.740. The van der Waals surface area contributed by atoms with Gasteiger partial charge in [-0.2, -0.15) is 0 Å². The van der Waals surface area contributed by atoms with Gasteiger partial charge in [0.25, 0.3) is 0 Å². The van der Waals surface area contributed by atoms with Gasteiger partial charge in [-0.3, -0.25) is 0 Å². The average Bonchev–Trinajstić information content (AvgIpc) is 2.17. The molecule has 0 unspecified atom stereocenters. The van der Waals surface area contributed by atoms with Crippen LogP contribution in [0, 0.1) is 0 Å². The molecule has 1 aromatic rings. The molecule has 1 heterocycles. The molecule has 1 spiro atoms. The molecule has 2 aliphatic rings. The monoisotopic (exact) mass is 257 g/mol. The van der Waals surface area contributed by atoms with Crippen molar-refractivity contribution < 1.29 is 4.74 Å². The Morgan fingerprint density at radius 1 is 1.31 bits per heavy atom. The minimum Gasteiger partial charge on any atom is -0.485 e. The number of hydrogen-bond acceptors (Lipinski definition) is 2. The Balaban J connectivity index is 2.07. The number of benzene rings is 1. The Labute approximate surface area is 105 Å². The van der Waals surface area contributed by atoms with E-state index in [1.807, 2.05) is 6.07 Å². The lowest BCUT2D eigenvalue weighted by Crippen LogP contribution is -2.48. The van der Waals surface area contributed by atoms with Crippen molar-refractivity contribution in [1.82, 2.24) is 0 Å². The molecule has 0 aromatic heterocycles. The predicted octanol–water partition coefficient (Wildman–Crippen LogP) is 3.70. The van der Waals surface area contributed by atoms with Crippen molar-refractivity contribution in [2.24, 2.45) is 5.73 Å². The fourth-order valence-electron chi connectivity index (χ4n) is 2.61. The lowest BCUT2D eigenvalue weighted by atomic mass is 9.73. The molecular formula is C12H13Cl2NO. The summed E-state index contributed by atoms with van der Waals surface area (Å²) in [4.78, 5) is 0. The predicted molar refractivity (Wildman–Crippen MR) is 65.2 cm³/mol. The third kappa shape index (κ3) is 1.52. The number of hydrogen-bond donors (Lipinski definition) is 1. The van der Waals surface area contributed by atoms with Crippen LogP contribution >= 0.6 is 23.2 Å². The first-order valence-electron chi connectivity index (χ1n) is 5.53. The second-order valence-corrected chi connectivity index (χ2v) is 5.60.